The Bertz CT molecular complexity index is 1210. The summed E-state index contributed by atoms with van der Waals surface area (Å²) in [4.78, 5) is 19.4. The van der Waals surface area contributed by atoms with E-state index in [4.69, 9.17) is 0 Å². The second-order valence-corrected chi connectivity index (χ2v) is 9.73. The molecule has 148 valence electrons. The number of hydrogen-bond acceptors (Lipinski definition) is 6. The Hall–Kier alpha value is -2.78. The van der Waals surface area contributed by atoms with Crippen LogP contribution in [0.2, 0.25) is 0 Å². The van der Waals surface area contributed by atoms with Crippen molar-refractivity contribution in [3.63, 3.8) is 0 Å². The lowest BCUT2D eigenvalue weighted by atomic mass is 9.95. The zero-order valence-corrected chi connectivity index (χ0v) is 17.0. The van der Waals surface area contributed by atoms with E-state index in [-0.39, 0.29) is 16.7 Å². The van der Waals surface area contributed by atoms with E-state index >= 15 is 0 Å². The average Bonchev–Trinajstić information content (AvgIpc) is 3.26. The fraction of sp³-hybridized carbons (Fsp3) is 0.250. The van der Waals surface area contributed by atoms with Crippen LogP contribution in [0.1, 0.15) is 18.4 Å². The summed E-state index contributed by atoms with van der Waals surface area (Å²) in [5.74, 6) is 0.322. The molecule has 3 aromatic rings. The van der Waals surface area contributed by atoms with Crippen molar-refractivity contribution in [1.82, 2.24) is 9.88 Å². The number of sulfonamides is 1. The number of para-hydroxylation sites is 1. The number of amidine groups is 1. The van der Waals surface area contributed by atoms with Crippen LogP contribution in [0, 0.1) is 5.92 Å². The summed E-state index contributed by atoms with van der Waals surface area (Å²) < 4.78 is 29.6. The number of hydrogen-bond donors (Lipinski definition) is 1. The first-order valence-corrected chi connectivity index (χ1v) is 11.6. The van der Waals surface area contributed by atoms with Gasteiger partial charge in [0.15, 0.2) is 11.0 Å². The molecule has 0 spiro atoms. The van der Waals surface area contributed by atoms with Crippen LogP contribution in [0.15, 0.2) is 57.8 Å². The Kier molecular flexibility index (Phi) is 4.36. The van der Waals surface area contributed by atoms with Crippen molar-refractivity contribution in [1.29, 1.82) is 0 Å². The second-order valence-electron chi connectivity index (χ2n) is 7.12. The van der Waals surface area contributed by atoms with E-state index in [1.807, 2.05) is 35.2 Å². The lowest BCUT2D eigenvalue weighted by Gasteiger charge is -2.32. The highest BCUT2D eigenvalue weighted by molar-refractivity contribution is 7.90. The van der Waals surface area contributed by atoms with Crippen molar-refractivity contribution >= 4 is 48.5 Å². The monoisotopic (exact) mass is 426 g/mol. The zero-order valence-electron chi connectivity index (χ0n) is 15.4. The summed E-state index contributed by atoms with van der Waals surface area (Å²) in [5, 5.41) is 3.55. The average molecular weight is 427 g/mol. The third-order valence-corrected chi connectivity index (χ3v) is 7.58. The summed E-state index contributed by atoms with van der Waals surface area (Å²) in [6.45, 7) is 1.17. The smallest absolute Gasteiger partial charge is 0.285 e. The second kappa shape index (κ2) is 6.93. The summed E-state index contributed by atoms with van der Waals surface area (Å²) in [6.07, 6.45) is 1.27. The van der Waals surface area contributed by atoms with Gasteiger partial charge < -0.3 is 10.2 Å². The predicted octanol–water partition coefficient (Wildman–Crippen LogP) is 3.10. The van der Waals surface area contributed by atoms with Crippen molar-refractivity contribution in [2.45, 2.75) is 17.7 Å². The van der Waals surface area contributed by atoms with E-state index in [9.17, 15) is 13.2 Å². The number of carbonyl (C=O) groups is 1. The molecule has 29 heavy (non-hydrogen) atoms. The van der Waals surface area contributed by atoms with Gasteiger partial charge in [-0.3, -0.25) is 4.79 Å². The van der Waals surface area contributed by atoms with Gasteiger partial charge in [0.05, 0.1) is 10.2 Å². The van der Waals surface area contributed by atoms with Crippen molar-refractivity contribution in [2.75, 3.05) is 18.4 Å². The number of benzene rings is 2. The van der Waals surface area contributed by atoms with Gasteiger partial charge in [0.1, 0.15) is 4.90 Å². The number of fused-ring (bicyclic) bond motifs is 2. The number of piperidine rings is 1. The molecule has 0 bridgehead atoms. The molecule has 1 fully saturated rings. The largest absolute Gasteiger partial charge is 0.355 e. The molecule has 2 aliphatic heterocycles. The van der Waals surface area contributed by atoms with E-state index in [0.29, 0.717) is 42.5 Å². The van der Waals surface area contributed by atoms with Gasteiger partial charge in [-0.1, -0.05) is 35.6 Å². The molecule has 3 heterocycles. The fourth-order valence-corrected chi connectivity index (χ4v) is 5.90. The summed E-state index contributed by atoms with van der Waals surface area (Å²) in [6, 6.07) is 14.7. The van der Waals surface area contributed by atoms with Crippen LogP contribution < -0.4 is 5.32 Å². The Morgan fingerprint density at radius 1 is 1.07 bits per heavy atom. The minimum absolute atomic E-state index is 0.0370. The zero-order chi connectivity index (χ0) is 20.0. The number of nitrogens with zero attached hydrogens (tertiary/aromatic N) is 3. The molecule has 1 saturated heterocycles. The van der Waals surface area contributed by atoms with Crippen LogP contribution in [0.25, 0.3) is 10.2 Å². The topological polar surface area (TPSA) is 91.7 Å². The molecular formula is C20H18N4O3S2. The molecule has 0 atom stereocenters. The predicted molar refractivity (Wildman–Crippen MR) is 113 cm³/mol. The minimum atomic E-state index is -3.63. The van der Waals surface area contributed by atoms with Crippen LogP contribution in [0.4, 0.5) is 5.13 Å². The lowest BCUT2D eigenvalue weighted by Crippen LogP contribution is -2.41. The highest BCUT2D eigenvalue weighted by Gasteiger charge is 2.34. The Morgan fingerprint density at radius 3 is 2.59 bits per heavy atom. The summed E-state index contributed by atoms with van der Waals surface area (Å²) >= 11 is 1.46. The fourth-order valence-electron chi connectivity index (χ4n) is 3.80. The Morgan fingerprint density at radius 2 is 1.79 bits per heavy atom. The third kappa shape index (κ3) is 3.30. The normalized spacial score (nSPS) is 18.5. The van der Waals surface area contributed by atoms with Crippen molar-refractivity contribution in [3.05, 3.63) is 54.1 Å². The van der Waals surface area contributed by atoms with Crippen LogP contribution >= 0.6 is 11.3 Å². The van der Waals surface area contributed by atoms with Crippen LogP contribution in [0.3, 0.4) is 0 Å². The number of likely N-dealkylation sites (tertiary alicyclic amines) is 1. The number of anilines is 1. The third-order valence-electron chi connectivity index (χ3n) is 5.30. The highest BCUT2D eigenvalue weighted by Crippen LogP contribution is 2.31. The van der Waals surface area contributed by atoms with Gasteiger partial charge in [0.25, 0.3) is 10.0 Å². The standard InChI is InChI=1S/C20H18N4O3S2/c25-19(22-20-21-15-6-2-3-7-16(15)28-20)13-9-11-24(12-10-13)18-14-5-1-4-8-17(14)29(26,27)23-18/h1-8,13H,9-12H2,(H,21,22,25). The van der Waals surface area contributed by atoms with Gasteiger partial charge in [-0.15, -0.1) is 4.40 Å². The molecule has 0 unspecified atom stereocenters. The maximum Gasteiger partial charge on any atom is 0.285 e. The number of nitrogens with one attached hydrogen (secondary N) is 1. The van der Waals surface area contributed by atoms with Crippen LogP contribution in [-0.4, -0.2) is 43.1 Å². The molecule has 9 heteroatoms. The molecule has 1 amide bonds. The molecule has 0 saturated carbocycles. The molecule has 2 aromatic carbocycles. The van der Waals surface area contributed by atoms with Gasteiger partial charge in [-0.25, -0.2) is 4.98 Å². The van der Waals surface area contributed by atoms with Crippen molar-refractivity contribution in [2.24, 2.45) is 10.3 Å². The Balaban J connectivity index is 1.26. The van der Waals surface area contributed by atoms with Gasteiger partial charge in [0, 0.05) is 24.6 Å². The number of carbonyl (C=O) groups excluding carboxylic acids is 1. The molecule has 1 aromatic heterocycles. The molecule has 0 radical (unpaired) electrons. The lowest BCUT2D eigenvalue weighted by molar-refractivity contribution is -0.120. The molecule has 5 rings (SSSR count). The van der Waals surface area contributed by atoms with Gasteiger partial charge >= 0.3 is 0 Å². The van der Waals surface area contributed by atoms with E-state index in [1.165, 1.54) is 11.3 Å². The van der Waals surface area contributed by atoms with E-state index in [2.05, 4.69) is 14.7 Å². The highest BCUT2D eigenvalue weighted by atomic mass is 32.2. The van der Waals surface area contributed by atoms with Gasteiger partial charge in [0.2, 0.25) is 5.91 Å². The molecule has 0 aliphatic carbocycles. The maximum absolute atomic E-state index is 12.7. The first kappa shape index (κ1) is 18.3. The number of rotatable bonds is 2. The number of thiazole rings is 1. The molecule has 2 aliphatic rings. The summed E-state index contributed by atoms with van der Waals surface area (Å²) in [5.41, 5.74) is 1.52. The molecule has 7 nitrogen and oxygen atoms in total. The molecule has 1 N–H and O–H groups in total. The quantitative estimate of drug-likeness (QED) is 0.680. The van der Waals surface area contributed by atoms with Crippen LogP contribution in [0.5, 0.6) is 0 Å². The van der Waals surface area contributed by atoms with Crippen molar-refractivity contribution in [3.8, 4) is 0 Å². The first-order valence-electron chi connectivity index (χ1n) is 9.37. The maximum atomic E-state index is 12.7. The van der Waals surface area contributed by atoms with Crippen molar-refractivity contribution < 1.29 is 13.2 Å². The Labute approximate surface area is 172 Å². The number of amides is 1. The van der Waals surface area contributed by atoms with Gasteiger partial charge in [-0.05, 0) is 37.1 Å². The van der Waals surface area contributed by atoms with Crippen LogP contribution in [-0.2, 0) is 14.8 Å². The minimum Gasteiger partial charge on any atom is -0.355 e. The summed E-state index contributed by atoms with van der Waals surface area (Å²) in [7, 11) is -3.63. The van der Waals surface area contributed by atoms with E-state index < -0.39 is 10.0 Å². The van der Waals surface area contributed by atoms with E-state index in [0.717, 1.165) is 10.2 Å². The molecular weight excluding hydrogens is 408 g/mol. The van der Waals surface area contributed by atoms with E-state index in [1.54, 1.807) is 18.2 Å². The number of aromatic nitrogens is 1. The van der Waals surface area contributed by atoms with Gasteiger partial charge in [-0.2, -0.15) is 8.42 Å². The first-order chi connectivity index (χ1) is 14.0. The SMILES string of the molecule is O=C(Nc1nc2ccccc2s1)C1CCN(C2=NS(=O)(=O)c3ccccc32)CC1.